The first kappa shape index (κ1) is 21.7. The monoisotopic (exact) mass is 450 g/mol. The van der Waals surface area contributed by atoms with Crippen molar-refractivity contribution in [1.29, 1.82) is 0 Å². The maximum Gasteiger partial charge on any atom is 0.184 e. The van der Waals surface area contributed by atoms with Crippen molar-refractivity contribution in [3.63, 3.8) is 0 Å². The van der Waals surface area contributed by atoms with E-state index in [1.165, 1.54) is 10.6 Å². The smallest absolute Gasteiger partial charge is 0.184 e. The first-order chi connectivity index (χ1) is 15.8. The highest BCUT2D eigenvalue weighted by Gasteiger charge is 2.52. The summed E-state index contributed by atoms with van der Waals surface area (Å²) in [5.41, 5.74) is 0.727. The first-order valence-electron chi connectivity index (χ1n) is 10.8. The highest BCUT2D eigenvalue weighted by Crippen LogP contribution is 2.49. The second-order valence-corrected chi connectivity index (χ2v) is 10.3. The number of benzene rings is 3. The Balaban J connectivity index is 1.57. The highest BCUT2D eigenvalue weighted by molar-refractivity contribution is 7.73. The van der Waals surface area contributed by atoms with E-state index in [0.717, 1.165) is 5.56 Å². The Labute approximate surface area is 189 Å². The zero-order chi connectivity index (χ0) is 21.9. The second kappa shape index (κ2) is 9.80. The minimum atomic E-state index is -0.963. The van der Waals surface area contributed by atoms with Gasteiger partial charge in [-0.1, -0.05) is 91.0 Å². The average Bonchev–Trinajstić information content (AvgIpc) is 2.87. The fourth-order valence-electron chi connectivity index (χ4n) is 4.52. The fourth-order valence-corrected chi connectivity index (χ4v) is 7.50. The van der Waals surface area contributed by atoms with Gasteiger partial charge < -0.3 is 24.1 Å². The number of hydrogen-bond acceptors (Lipinski definition) is 5. The van der Waals surface area contributed by atoms with E-state index in [4.69, 9.17) is 18.9 Å². The summed E-state index contributed by atoms with van der Waals surface area (Å²) in [4.78, 5) is 0. The molecule has 0 spiro atoms. The Bertz CT molecular complexity index is 947. The third-order valence-electron chi connectivity index (χ3n) is 6.00. The highest BCUT2D eigenvalue weighted by atomic mass is 31.1. The molecule has 2 fully saturated rings. The summed E-state index contributed by atoms with van der Waals surface area (Å²) in [5, 5.41) is 13.8. The van der Waals surface area contributed by atoms with Crippen LogP contribution in [0.25, 0.3) is 0 Å². The van der Waals surface area contributed by atoms with Gasteiger partial charge in [0.2, 0.25) is 0 Å². The molecule has 2 aliphatic heterocycles. The molecular formula is C26H27O5P. The van der Waals surface area contributed by atoms with Crippen molar-refractivity contribution < 1.29 is 24.1 Å². The molecule has 0 aromatic heterocycles. The summed E-state index contributed by atoms with van der Waals surface area (Å²) < 4.78 is 24.2. The summed E-state index contributed by atoms with van der Waals surface area (Å²) >= 11 is 0. The maximum absolute atomic E-state index is 11.5. The van der Waals surface area contributed by atoms with Gasteiger partial charge in [0.05, 0.1) is 12.7 Å². The Morgan fingerprint density at radius 3 is 1.94 bits per heavy atom. The zero-order valence-electron chi connectivity index (χ0n) is 17.9. The van der Waals surface area contributed by atoms with Gasteiger partial charge in [0, 0.05) is 18.3 Å². The molecule has 166 valence electrons. The number of fused-ring (bicyclic) bond motifs is 1. The van der Waals surface area contributed by atoms with Crippen LogP contribution in [0.4, 0.5) is 0 Å². The molecule has 2 saturated heterocycles. The van der Waals surface area contributed by atoms with Crippen LogP contribution in [0.1, 0.15) is 11.9 Å². The van der Waals surface area contributed by atoms with Gasteiger partial charge in [-0.05, 0) is 18.5 Å². The van der Waals surface area contributed by atoms with Gasteiger partial charge in [0.25, 0.3) is 0 Å². The van der Waals surface area contributed by atoms with Crippen molar-refractivity contribution in [2.45, 2.75) is 36.6 Å². The summed E-state index contributed by atoms with van der Waals surface area (Å²) in [7, 11) is 0.603. The van der Waals surface area contributed by atoms with Crippen molar-refractivity contribution in [2.75, 3.05) is 13.7 Å². The van der Waals surface area contributed by atoms with Gasteiger partial charge in [-0.15, -0.1) is 0 Å². The van der Waals surface area contributed by atoms with E-state index >= 15 is 0 Å². The molecule has 6 heteroatoms. The molecule has 6 atom stereocenters. The molecule has 0 unspecified atom stereocenters. The van der Waals surface area contributed by atoms with Crippen LogP contribution in [0, 0.1) is 0 Å². The largest absolute Gasteiger partial charge is 0.387 e. The van der Waals surface area contributed by atoms with Gasteiger partial charge >= 0.3 is 0 Å². The number of rotatable bonds is 5. The van der Waals surface area contributed by atoms with E-state index in [9.17, 15) is 5.11 Å². The molecule has 3 aromatic carbocycles. The lowest BCUT2D eigenvalue weighted by Crippen LogP contribution is -2.62. The first-order valence-corrected chi connectivity index (χ1v) is 12.2. The maximum atomic E-state index is 11.5. The minimum Gasteiger partial charge on any atom is -0.387 e. The molecule has 0 amide bonds. The molecule has 2 heterocycles. The third kappa shape index (κ3) is 4.25. The molecule has 32 heavy (non-hydrogen) atoms. The van der Waals surface area contributed by atoms with Crippen LogP contribution in [0.2, 0.25) is 0 Å². The molecule has 0 radical (unpaired) electrons. The van der Waals surface area contributed by atoms with Gasteiger partial charge in [-0.25, -0.2) is 0 Å². The molecule has 5 nitrogen and oxygen atoms in total. The normalized spacial score (nSPS) is 30.1. The third-order valence-corrected chi connectivity index (χ3v) is 8.91. The van der Waals surface area contributed by atoms with E-state index in [0.29, 0.717) is 6.61 Å². The minimum absolute atomic E-state index is 0.228. The van der Waals surface area contributed by atoms with Crippen molar-refractivity contribution in [3.8, 4) is 0 Å². The van der Waals surface area contributed by atoms with Crippen LogP contribution < -0.4 is 10.6 Å². The van der Waals surface area contributed by atoms with Crippen LogP contribution in [-0.2, 0) is 18.9 Å². The van der Waals surface area contributed by atoms with E-state index < -0.39 is 26.6 Å². The number of aliphatic hydroxyl groups excluding tert-OH is 1. The Hall–Kier alpha value is -2.11. The summed E-state index contributed by atoms with van der Waals surface area (Å²) in [5.74, 6) is 0. The van der Waals surface area contributed by atoms with E-state index in [1.807, 2.05) is 66.7 Å². The standard InChI is InChI=1S/C26H27O5P/c1-28-26-22(27)24(32(19-13-7-3-8-14-19)20-15-9-4-10-16-20)23-21(30-26)17-29-25(31-23)18-11-5-2-6-12-18/h2-16,21-27H,17H2,1H3/t21-,22+,23-,24+,25-,26+/m1/s1. The van der Waals surface area contributed by atoms with Gasteiger partial charge in [0.15, 0.2) is 12.6 Å². The molecule has 5 rings (SSSR count). The van der Waals surface area contributed by atoms with Crippen LogP contribution in [-0.4, -0.2) is 49.1 Å². The quantitative estimate of drug-likeness (QED) is 0.605. The molecule has 1 N–H and O–H groups in total. The predicted molar refractivity (Wildman–Crippen MR) is 125 cm³/mol. The molecule has 0 bridgehead atoms. The number of methoxy groups -OCH3 is 1. The average molecular weight is 450 g/mol. The molecule has 0 aliphatic carbocycles. The molecular weight excluding hydrogens is 423 g/mol. The second-order valence-electron chi connectivity index (χ2n) is 7.98. The topological polar surface area (TPSA) is 57.2 Å². The fraction of sp³-hybridized carbons (Fsp3) is 0.308. The zero-order valence-corrected chi connectivity index (χ0v) is 18.8. The summed E-state index contributed by atoms with van der Waals surface area (Å²) in [6.07, 6.45) is -2.76. The molecule has 0 saturated carbocycles. The van der Waals surface area contributed by atoms with Crippen LogP contribution in [0.5, 0.6) is 0 Å². The SMILES string of the molecule is CO[C@H]1O[C@@H]2CO[C@@H](c3ccccc3)O[C@H]2[C@@H](P(c2ccccc2)c2ccccc2)[C@@H]1O. The van der Waals surface area contributed by atoms with E-state index in [-0.39, 0.29) is 17.9 Å². The Morgan fingerprint density at radius 2 is 1.38 bits per heavy atom. The van der Waals surface area contributed by atoms with E-state index in [1.54, 1.807) is 7.11 Å². The predicted octanol–water partition coefficient (Wildman–Crippen LogP) is 3.33. The van der Waals surface area contributed by atoms with Gasteiger partial charge in [-0.3, -0.25) is 0 Å². The van der Waals surface area contributed by atoms with Crippen molar-refractivity contribution in [3.05, 3.63) is 96.6 Å². The Kier molecular flexibility index (Phi) is 6.65. The molecule has 2 aliphatic rings. The van der Waals surface area contributed by atoms with E-state index in [2.05, 4.69) is 24.3 Å². The van der Waals surface area contributed by atoms with Crippen molar-refractivity contribution >= 4 is 18.5 Å². The van der Waals surface area contributed by atoms with Crippen LogP contribution >= 0.6 is 7.92 Å². The number of ether oxygens (including phenoxy) is 4. The summed E-state index contributed by atoms with van der Waals surface area (Å²) in [6.45, 7) is 0.375. The number of hydrogen-bond donors (Lipinski definition) is 1. The number of aliphatic hydroxyl groups is 1. The van der Waals surface area contributed by atoms with Crippen LogP contribution in [0.15, 0.2) is 91.0 Å². The summed E-state index contributed by atoms with van der Waals surface area (Å²) in [6, 6.07) is 30.6. The molecule has 3 aromatic rings. The lowest BCUT2D eigenvalue weighted by molar-refractivity contribution is -0.330. The van der Waals surface area contributed by atoms with Gasteiger partial charge in [0.1, 0.15) is 12.2 Å². The van der Waals surface area contributed by atoms with Crippen molar-refractivity contribution in [1.82, 2.24) is 0 Å². The van der Waals surface area contributed by atoms with Gasteiger partial charge in [-0.2, -0.15) is 0 Å². The lowest BCUT2D eigenvalue weighted by atomic mass is 10.0. The lowest BCUT2D eigenvalue weighted by Gasteiger charge is -2.50. The Morgan fingerprint density at radius 1 is 0.812 bits per heavy atom. The van der Waals surface area contributed by atoms with Crippen LogP contribution in [0.3, 0.4) is 0 Å². The van der Waals surface area contributed by atoms with Crippen molar-refractivity contribution in [2.24, 2.45) is 0 Å².